The highest BCUT2D eigenvalue weighted by molar-refractivity contribution is 5.95. The van der Waals surface area contributed by atoms with Gasteiger partial charge in [-0.15, -0.1) is 0 Å². The molecule has 0 N–H and O–H groups in total. The highest BCUT2D eigenvalue weighted by Gasteiger charge is 2.27. The lowest BCUT2D eigenvalue weighted by molar-refractivity contribution is -0.119. The summed E-state index contributed by atoms with van der Waals surface area (Å²) in [6.45, 7) is 8.12. The van der Waals surface area contributed by atoms with Crippen LogP contribution in [0.25, 0.3) is 10.8 Å². The van der Waals surface area contributed by atoms with Crippen LogP contribution in [0.1, 0.15) is 109 Å². The lowest BCUT2D eigenvalue weighted by atomic mass is 10.1. The second kappa shape index (κ2) is 21.5. The van der Waals surface area contributed by atoms with Crippen molar-refractivity contribution in [3.8, 4) is 5.88 Å². The minimum absolute atomic E-state index is 0.124. The Morgan fingerprint density at radius 1 is 0.706 bits per heavy atom. The number of nitrogens with zero attached hydrogens (tertiary/aromatic N) is 4. The van der Waals surface area contributed by atoms with Crippen LogP contribution in [0.15, 0.2) is 54.6 Å². The van der Waals surface area contributed by atoms with Gasteiger partial charge in [-0.25, -0.2) is 4.79 Å². The quantitative estimate of drug-likeness (QED) is 0.0758. The molecule has 5 rings (SSSR count). The van der Waals surface area contributed by atoms with Crippen molar-refractivity contribution in [1.29, 1.82) is 0 Å². The molecule has 3 heterocycles. The van der Waals surface area contributed by atoms with Crippen molar-refractivity contribution < 1.29 is 23.8 Å². The van der Waals surface area contributed by atoms with E-state index in [4.69, 9.17) is 14.2 Å². The summed E-state index contributed by atoms with van der Waals surface area (Å²) in [5.74, 6) is 0.856. The third-order valence-corrected chi connectivity index (χ3v) is 10.2. The van der Waals surface area contributed by atoms with Gasteiger partial charge in [0.15, 0.2) is 6.73 Å². The van der Waals surface area contributed by atoms with E-state index in [0.29, 0.717) is 37.8 Å². The van der Waals surface area contributed by atoms with E-state index in [2.05, 4.69) is 64.2 Å². The average molecular weight is 701 g/mol. The maximum atomic E-state index is 12.8. The van der Waals surface area contributed by atoms with E-state index in [1.54, 1.807) is 0 Å². The van der Waals surface area contributed by atoms with Crippen LogP contribution in [0.5, 0.6) is 5.88 Å². The molecule has 9 nitrogen and oxygen atoms in total. The highest BCUT2D eigenvalue weighted by Crippen LogP contribution is 2.29. The van der Waals surface area contributed by atoms with E-state index in [-0.39, 0.29) is 12.6 Å². The summed E-state index contributed by atoms with van der Waals surface area (Å²) in [5.41, 5.74) is 2.27. The summed E-state index contributed by atoms with van der Waals surface area (Å²) in [7, 11) is 0. The van der Waals surface area contributed by atoms with E-state index in [0.717, 1.165) is 70.4 Å². The van der Waals surface area contributed by atoms with Gasteiger partial charge in [0.25, 0.3) is 0 Å². The summed E-state index contributed by atoms with van der Waals surface area (Å²) < 4.78 is 16.6. The number of aryl methyl sites for hydroxylation is 1. The Balaban J connectivity index is 0.935. The topological polar surface area (TPSA) is 84.4 Å². The fourth-order valence-corrected chi connectivity index (χ4v) is 7.17. The largest absolute Gasteiger partial charge is 0.510 e. The Morgan fingerprint density at radius 3 is 2.16 bits per heavy atom. The summed E-state index contributed by atoms with van der Waals surface area (Å²) in [6.07, 6.45) is 17.2. The van der Waals surface area contributed by atoms with Crippen molar-refractivity contribution in [2.24, 2.45) is 0 Å². The van der Waals surface area contributed by atoms with Crippen LogP contribution in [-0.2, 0) is 20.7 Å². The number of fused-ring (bicyclic) bond motifs is 2. The molecule has 1 fully saturated rings. The van der Waals surface area contributed by atoms with Gasteiger partial charge in [0.05, 0.1) is 13.2 Å². The molecular formula is C42H60N4O5. The normalized spacial score (nSPS) is 14.9. The van der Waals surface area contributed by atoms with E-state index in [1.807, 2.05) is 12.1 Å². The molecule has 0 spiro atoms. The maximum Gasteiger partial charge on any atom is 0.510 e. The first-order chi connectivity index (χ1) is 25.1. The van der Waals surface area contributed by atoms with Gasteiger partial charge in [-0.2, -0.15) is 4.98 Å². The van der Waals surface area contributed by atoms with Crippen molar-refractivity contribution in [1.82, 2.24) is 9.88 Å². The number of anilines is 2. The molecule has 1 amide bonds. The molecule has 0 atom stereocenters. The molecule has 0 saturated carbocycles. The summed E-state index contributed by atoms with van der Waals surface area (Å²) in [5, 5.41) is 2.61. The van der Waals surface area contributed by atoms with Crippen LogP contribution in [0.3, 0.4) is 0 Å². The van der Waals surface area contributed by atoms with E-state index >= 15 is 0 Å². The molecule has 2 aromatic carbocycles. The van der Waals surface area contributed by atoms with Crippen LogP contribution in [0.4, 0.5) is 16.3 Å². The smallest absolute Gasteiger partial charge is 0.478 e. The number of unbranched alkanes of at least 4 members (excludes halogenated alkanes) is 12. The first kappa shape index (κ1) is 38.4. The Labute approximate surface area is 305 Å². The third-order valence-electron chi connectivity index (χ3n) is 10.2. The number of carbonyl (C=O) groups is 2. The van der Waals surface area contributed by atoms with E-state index < -0.39 is 6.16 Å². The Morgan fingerprint density at radius 2 is 1.39 bits per heavy atom. The van der Waals surface area contributed by atoms with Gasteiger partial charge < -0.3 is 19.1 Å². The summed E-state index contributed by atoms with van der Waals surface area (Å²) in [6, 6.07) is 19.0. The zero-order chi connectivity index (χ0) is 35.5. The monoisotopic (exact) mass is 700 g/mol. The molecule has 9 heteroatoms. The molecule has 0 aliphatic carbocycles. The van der Waals surface area contributed by atoms with Gasteiger partial charge in [0.1, 0.15) is 5.82 Å². The fraction of sp³-hybridized carbons (Fsp3) is 0.595. The number of hydrogen-bond donors (Lipinski definition) is 0. The highest BCUT2D eigenvalue weighted by atomic mass is 16.7. The first-order valence-corrected chi connectivity index (χ1v) is 19.8. The van der Waals surface area contributed by atoms with E-state index in [1.165, 1.54) is 79.1 Å². The second-order valence-electron chi connectivity index (χ2n) is 14.1. The maximum absolute atomic E-state index is 12.8. The second-order valence-corrected chi connectivity index (χ2v) is 14.1. The van der Waals surface area contributed by atoms with Crippen molar-refractivity contribution in [3.05, 3.63) is 60.2 Å². The van der Waals surface area contributed by atoms with Gasteiger partial charge in [-0.3, -0.25) is 14.6 Å². The Hall–Kier alpha value is -3.85. The number of carbonyl (C=O) groups excluding carboxylic acids is 2. The van der Waals surface area contributed by atoms with Gasteiger partial charge in [-0.1, -0.05) is 114 Å². The molecule has 1 saturated heterocycles. The van der Waals surface area contributed by atoms with Crippen molar-refractivity contribution in [2.45, 2.75) is 110 Å². The fourth-order valence-electron chi connectivity index (χ4n) is 7.17. The molecule has 51 heavy (non-hydrogen) atoms. The van der Waals surface area contributed by atoms with Gasteiger partial charge in [-0.05, 0) is 55.3 Å². The molecule has 3 aromatic rings. The first-order valence-electron chi connectivity index (χ1n) is 19.8. The number of ether oxygens (including phenoxy) is 3. The minimum atomic E-state index is -0.750. The number of amides is 1. The van der Waals surface area contributed by atoms with Crippen LogP contribution >= 0.6 is 0 Å². The SMILES string of the molecule is CCCCCCCCCCCCCCOC(=O)OCN1C(=O)CCc2ccc(OCCCCN3CCN(c4cccc5ccccc45)CC3)nc21. The lowest BCUT2D eigenvalue weighted by Crippen LogP contribution is -2.46. The summed E-state index contributed by atoms with van der Waals surface area (Å²) >= 11 is 0. The van der Waals surface area contributed by atoms with Gasteiger partial charge in [0.2, 0.25) is 11.8 Å². The zero-order valence-corrected chi connectivity index (χ0v) is 31.0. The molecule has 2 aliphatic heterocycles. The number of aromatic nitrogens is 1. The standard InChI is InChI=1S/C42H60N4O5/c1-2-3-4-5-6-7-8-9-10-11-12-16-33-50-42(48)51-34-46-40(47)26-24-36-23-25-39(43-41(36)46)49-32-17-15-27-44-28-30-45(31-29-44)38-22-18-20-35-19-13-14-21-37(35)38/h13-14,18-23,25H,2-12,15-17,24,26-34H2,1H3. The summed E-state index contributed by atoms with van der Waals surface area (Å²) in [4.78, 5) is 36.2. The van der Waals surface area contributed by atoms with Gasteiger partial charge >= 0.3 is 6.16 Å². The third kappa shape index (κ3) is 12.4. The number of rotatable bonds is 22. The Kier molecular flexibility index (Phi) is 16.2. The predicted octanol–water partition coefficient (Wildman–Crippen LogP) is 9.31. The number of pyridine rings is 1. The lowest BCUT2D eigenvalue weighted by Gasteiger charge is -2.36. The Bertz CT molecular complexity index is 1490. The minimum Gasteiger partial charge on any atom is -0.478 e. The van der Waals surface area contributed by atoms with Crippen molar-refractivity contribution >= 4 is 34.3 Å². The number of benzene rings is 2. The molecule has 278 valence electrons. The van der Waals surface area contributed by atoms with Crippen LogP contribution < -0.4 is 14.5 Å². The van der Waals surface area contributed by atoms with Crippen LogP contribution in [0.2, 0.25) is 0 Å². The average Bonchev–Trinajstić information content (AvgIpc) is 3.16. The van der Waals surface area contributed by atoms with Crippen molar-refractivity contribution in [2.75, 3.05) is 62.5 Å². The molecular weight excluding hydrogens is 640 g/mol. The van der Waals surface area contributed by atoms with Crippen molar-refractivity contribution in [3.63, 3.8) is 0 Å². The van der Waals surface area contributed by atoms with Crippen LogP contribution in [-0.4, -0.2) is 74.6 Å². The number of hydrogen-bond acceptors (Lipinski definition) is 8. The number of piperazine rings is 1. The van der Waals surface area contributed by atoms with Gasteiger partial charge in [0, 0.05) is 49.7 Å². The predicted molar refractivity (Wildman–Crippen MR) is 206 cm³/mol. The zero-order valence-electron chi connectivity index (χ0n) is 31.0. The molecule has 0 radical (unpaired) electrons. The molecule has 1 aromatic heterocycles. The van der Waals surface area contributed by atoms with E-state index in [9.17, 15) is 9.59 Å². The molecule has 0 unspecified atom stereocenters. The molecule has 2 aliphatic rings. The molecule has 0 bridgehead atoms. The van der Waals surface area contributed by atoms with Crippen LogP contribution in [0, 0.1) is 0 Å².